The number of rotatable bonds is 4. The highest BCUT2D eigenvalue weighted by Crippen LogP contribution is 2.12. The number of aliphatic carboxylic acids is 1. The summed E-state index contributed by atoms with van der Waals surface area (Å²) in [5.41, 5.74) is 0.935. The highest BCUT2D eigenvalue weighted by atomic mass is 35.5. The second kappa shape index (κ2) is 5.49. The Labute approximate surface area is 104 Å². The zero-order valence-electron chi connectivity index (χ0n) is 7.68. The number of carboxylic acid groups (broad SMARTS) is 1. The van der Waals surface area contributed by atoms with Crippen LogP contribution in [0.2, 0.25) is 5.02 Å². The summed E-state index contributed by atoms with van der Waals surface area (Å²) in [5, 5.41) is 8.44. The molecule has 0 amide bonds. The molecule has 0 aliphatic rings. The molecule has 0 radical (unpaired) electrons. The Morgan fingerprint density at radius 3 is 2.47 bits per heavy atom. The number of benzene rings is 1. The molecule has 5 heteroatoms. The van der Waals surface area contributed by atoms with E-state index >= 15 is 0 Å². The van der Waals surface area contributed by atoms with Crippen LogP contribution >= 0.6 is 36.4 Å². The minimum absolute atomic E-state index is 0.396. The van der Waals surface area contributed by atoms with E-state index in [0.29, 0.717) is 16.3 Å². The highest BCUT2D eigenvalue weighted by molar-refractivity contribution is 7.87. The van der Waals surface area contributed by atoms with Crippen molar-refractivity contribution in [2.24, 2.45) is 0 Å². The van der Waals surface area contributed by atoms with Crippen molar-refractivity contribution in [1.82, 2.24) is 0 Å². The zero-order chi connectivity index (χ0) is 11.4. The molecule has 0 aromatic heterocycles. The van der Waals surface area contributed by atoms with Gasteiger partial charge in [-0.1, -0.05) is 36.0 Å². The van der Waals surface area contributed by atoms with Crippen LogP contribution in [-0.4, -0.2) is 21.2 Å². The number of thiol groups is 1. The summed E-state index contributed by atoms with van der Waals surface area (Å²) in [6, 6.07) is 7.12. The van der Waals surface area contributed by atoms with Crippen LogP contribution in [0.1, 0.15) is 5.56 Å². The third-order valence-electron chi connectivity index (χ3n) is 1.83. The summed E-state index contributed by atoms with van der Waals surface area (Å²) in [6.07, 6.45) is 0.424. The summed E-state index contributed by atoms with van der Waals surface area (Å²) in [4.78, 5) is 11.0. The van der Waals surface area contributed by atoms with Gasteiger partial charge in [0.15, 0.2) is 0 Å². The normalized spacial score (nSPS) is 12.1. The summed E-state index contributed by atoms with van der Waals surface area (Å²) in [5.74, 6) is -1.02. The molecule has 0 aliphatic carbocycles. The molecule has 15 heavy (non-hydrogen) atoms. The van der Waals surface area contributed by atoms with Gasteiger partial charge in [0.05, 0.1) is 0 Å². The van der Waals surface area contributed by atoms with Gasteiger partial charge < -0.3 is 5.11 Å². The fourth-order valence-corrected chi connectivity index (χ4v) is 1.52. The summed E-state index contributed by atoms with van der Waals surface area (Å²) in [6.45, 7) is 0. The maximum Gasteiger partial charge on any atom is 0.321 e. The number of thiocarbonyl (C=S) groups is 1. The molecule has 2 nitrogen and oxygen atoms in total. The smallest absolute Gasteiger partial charge is 0.321 e. The van der Waals surface area contributed by atoms with Crippen molar-refractivity contribution in [3.63, 3.8) is 0 Å². The van der Waals surface area contributed by atoms with E-state index in [1.165, 1.54) is 0 Å². The van der Waals surface area contributed by atoms with Crippen LogP contribution < -0.4 is 0 Å². The van der Waals surface area contributed by atoms with E-state index in [4.69, 9.17) is 28.9 Å². The molecule has 0 heterocycles. The van der Waals surface area contributed by atoms with Gasteiger partial charge in [-0.15, -0.1) is 0 Å². The van der Waals surface area contributed by atoms with Crippen molar-refractivity contribution < 1.29 is 9.90 Å². The van der Waals surface area contributed by atoms with Gasteiger partial charge >= 0.3 is 5.97 Å². The Morgan fingerprint density at radius 1 is 1.47 bits per heavy atom. The second-order valence-electron chi connectivity index (χ2n) is 3.01. The molecule has 1 aromatic carbocycles. The summed E-state index contributed by atoms with van der Waals surface area (Å²) in [7, 11) is 0. The Balaban J connectivity index is 2.66. The highest BCUT2D eigenvalue weighted by Gasteiger charge is 2.17. The number of carboxylic acids is 1. The van der Waals surface area contributed by atoms with Gasteiger partial charge in [-0.2, -0.15) is 12.6 Å². The predicted octanol–water partition coefficient (Wildman–Crippen LogP) is 2.64. The van der Waals surface area contributed by atoms with E-state index in [1.54, 1.807) is 12.1 Å². The van der Waals surface area contributed by atoms with Crippen LogP contribution in [-0.2, 0) is 11.2 Å². The monoisotopic (exact) mass is 260 g/mol. The SMILES string of the molecule is O=C(O)C(S)C(=S)Cc1ccc(Cl)cc1. The van der Waals surface area contributed by atoms with Crippen LogP contribution in [0.25, 0.3) is 0 Å². The van der Waals surface area contributed by atoms with Crippen LogP contribution in [0.3, 0.4) is 0 Å². The molecule has 0 saturated heterocycles. The fourth-order valence-electron chi connectivity index (χ4n) is 1.04. The van der Waals surface area contributed by atoms with E-state index in [9.17, 15) is 4.79 Å². The lowest BCUT2D eigenvalue weighted by Crippen LogP contribution is -2.24. The van der Waals surface area contributed by atoms with Gasteiger partial charge in [0, 0.05) is 16.3 Å². The summed E-state index contributed by atoms with van der Waals surface area (Å²) < 4.78 is 0. The molecule has 1 N–H and O–H groups in total. The van der Waals surface area contributed by atoms with Crippen molar-refractivity contribution in [3.05, 3.63) is 34.9 Å². The van der Waals surface area contributed by atoms with Gasteiger partial charge in [0.1, 0.15) is 5.25 Å². The maximum absolute atomic E-state index is 10.6. The second-order valence-corrected chi connectivity index (χ2v) is 4.49. The zero-order valence-corrected chi connectivity index (χ0v) is 10.1. The van der Waals surface area contributed by atoms with Gasteiger partial charge in [-0.3, -0.25) is 4.79 Å². The standard InChI is InChI=1S/C10H9ClO2S2/c11-7-3-1-6(2-4-7)5-8(14)9(15)10(12)13/h1-4,9,15H,5H2,(H,12,13). The van der Waals surface area contributed by atoms with Gasteiger partial charge in [0.2, 0.25) is 0 Å². The molecule has 1 atom stereocenters. The quantitative estimate of drug-likeness (QED) is 0.646. The van der Waals surface area contributed by atoms with E-state index in [-0.39, 0.29) is 0 Å². The molecular weight excluding hydrogens is 252 g/mol. The Hall–Kier alpha value is -0.580. The van der Waals surface area contributed by atoms with Crippen LogP contribution in [0, 0.1) is 0 Å². The molecule has 1 aromatic rings. The van der Waals surface area contributed by atoms with Crippen molar-refractivity contribution in [1.29, 1.82) is 0 Å². The molecule has 0 fully saturated rings. The average molecular weight is 261 g/mol. The first kappa shape index (κ1) is 12.5. The Bertz CT molecular complexity index is 376. The van der Waals surface area contributed by atoms with Crippen LogP contribution in [0.4, 0.5) is 0 Å². The number of carbonyl (C=O) groups is 1. The first-order chi connectivity index (χ1) is 7.00. The average Bonchev–Trinajstić information content (AvgIpc) is 2.20. The van der Waals surface area contributed by atoms with Crippen molar-refractivity contribution >= 4 is 47.3 Å². The van der Waals surface area contributed by atoms with E-state index in [2.05, 4.69) is 12.6 Å². The fraction of sp³-hybridized carbons (Fsp3) is 0.200. The Morgan fingerprint density at radius 2 is 2.00 bits per heavy atom. The maximum atomic E-state index is 10.6. The van der Waals surface area contributed by atoms with Gasteiger partial charge in [-0.05, 0) is 17.7 Å². The lowest BCUT2D eigenvalue weighted by Gasteiger charge is -2.07. The number of hydrogen-bond donors (Lipinski definition) is 2. The molecule has 0 bridgehead atoms. The van der Waals surface area contributed by atoms with Crippen molar-refractivity contribution in [2.75, 3.05) is 0 Å². The van der Waals surface area contributed by atoms with Crippen LogP contribution in [0.15, 0.2) is 24.3 Å². The molecule has 80 valence electrons. The topological polar surface area (TPSA) is 37.3 Å². The predicted molar refractivity (Wildman–Crippen MR) is 68.2 cm³/mol. The minimum Gasteiger partial charge on any atom is -0.480 e. The third kappa shape index (κ3) is 3.81. The molecule has 1 unspecified atom stereocenters. The van der Waals surface area contributed by atoms with Crippen molar-refractivity contribution in [3.8, 4) is 0 Å². The minimum atomic E-state index is -1.02. The van der Waals surface area contributed by atoms with Gasteiger partial charge in [0.25, 0.3) is 0 Å². The van der Waals surface area contributed by atoms with Crippen LogP contribution in [0.5, 0.6) is 0 Å². The van der Waals surface area contributed by atoms with Gasteiger partial charge in [-0.25, -0.2) is 0 Å². The first-order valence-electron chi connectivity index (χ1n) is 4.18. The third-order valence-corrected chi connectivity index (χ3v) is 3.17. The lowest BCUT2D eigenvalue weighted by molar-refractivity contribution is -0.135. The number of halogens is 1. The summed E-state index contributed by atoms with van der Waals surface area (Å²) >= 11 is 14.6. The Kier molecular flexibility index (Phi) is 4.57. The molecule has 0 saturated carbocycles. The van der Waals surface area contributed by atoms with Crippen molar-refractivity contribution in [2.45, 2.75) is 11.7 Å². The molecule has 0 aliphatic heterocycles. The van der Waals surface area contributed by atoms with E-state index in [1.807, 2.05) is 12.1 Å². The molecular formula is C10H9ClO2S2. The van der Waals surface area contributed by atoms with E-state index in [0.717, 1.165) is 5.56 Å². The lowest BCUT2D eigenvalue weighted by atomic mass is 10.1. The number of hydrogen-bond acceptors (Lipinski definition) is 3. The first-order valence-corrected chi connectivity index (χ1v) is 5.49. The largest absolute Gasteiger partial charge is 0.480 e. The molecule has 1 rings (SSSR count). The molecule has 0 spiro atoms. The van der Waals surface area contributed by atoms with E-state index < -0.39 is 11.2 Å².